The van der Waals surface area contributed by atoms with Crippen LogP contribution in [0.4, 0.5) is 0 Å². The van der Waals surface area contributed by atoms with Crippen LogP contribution in [0.15, 0.2) is 109 Å². The van der Waals surface area contributed by atoms with Crippen molar-refractivity contribution in [1.82, 2.24) is 0 Å². The van der Waals surface area contributed by atoms with Gasteiger partial charge in [0.15, 0.2) is 6.10 Å². The van der Waals surface area contributed by atoms with Gasteiger partial charge in [-0.3, -0.25) is 0 Å². The van der Waals surface area contributed by atoms with E-state index in [2.05, 4.69) is 0 Å². The van der Waals surface area contributed by atoms with E-state index in [1.807, 2.05) is 79.7 Å². The molecular weight excluding hydrogens is 548 g/mol. The number of carbonyl (C=O) groups is 1. The third-order valence-corrected chi connectivity index (χ3v) is 7.14. The smallest absolute Gasteiger partial charge is 0.338 e. The van der Waals surface area contributed by atoms with E-state index in [1.165, 1.54) is 0 Å². The molecule has 0 saturated carbocycles. The summed E-state index contributed by atoms with van der Waals surface area (Å²) in [6.45, 7) is 2.50. The molecule has 0 amide bonds. The van der Waals surface area contributed by atoms with E-state index in [0.29, 0.717) is 23.7 Å². The summed E-state index contributed by atoms with van der Waals surface area (Å²) in [6, 6.07) is 33.3. The maximum absolute atomic E-state index is 13.3. The Labute approximate surface area is 251 Å². The SMILES string of the molecule is COc1ccc(O[C@@H]2O[C@H](COCc3ccccc3)[C@H](O)[C@H](OCc3ccccc3)[C@H]2OC(=O)c2ccc(C)cc2)cc1. The Kier molecular flexibility index (Phi) is 10.4. The number of aliphatic hydroxyl groups is 1. The fraction of sp³-hybridized carbons (Fsp3) is 0.286. The molecule has 0 aliphatic carbocycles. The van der Waals surface area contributed by atoms with Crippen LogP contribution in [-0.2, 0) is 32.2 Å². The van der Waals surface area contributed by atoms with E-state index in [0.717, 1.165) is 16.7 Å². The van der Waals surface area contributed by atoms with Crippen molar-refractivity contribution in [2.24, 2.45) is 0 Å². The number of esters is 1. The van der Waals surface area contributed by atoms with Crippen molar-refractivity contribution in [1.29, 1.82) is 0 Å². The molecule has 8 nitrogen and oxygen atoms in total. The molecule has 1 saturated heterocycles. The molecule has 1 aliphatic heterocycles. The molecule has 0 unspecified atom stereocenters. The van der Waals surface area contributed by atoms with Crippen molar-refractivity contribution in [3.63, 3.8) is 0 Å². The van der Waals surface area contributed by atoms with Crippen LogP contribution in [0, 0.1) is 6.92 Å². The third-order valence-electron chi connectivity index (χ3n) is 7.14. The van der Waals surface area contributed by atoms with Gasteiger partial charge in [0.05, 0.1) is 32.5 Å². The monoisotopic (exact) mass is 584 g/mol. The Morgan fingerprint density at radius 1 is 0.767 bits per heavy atom. The van der Waals surface area contributed by atoms with Gasteiger partial charge < -0.3 is 33.5 Å². The summed E-state index contributed by atoms with van der Waals surface area (Å²) in [5, 5.41) is 11.6. The minimum Gasteiger partial charge on any atom is -0.497 e. The number of benzene rings is 4. The van der Waals surface area contributed by atoms with Crippen LogP contribution < -0.4 is 9.47 Å². The molecule has 1 heterocycles. The van der Waals surface area contributed by atoms with E-state index in [-0.39, 0.29) is 13.2 Å². The first-order valence-electron chi connectivity index (χ1n) is 14.2. The molecule has 1 N–H and O–H groups in total. The lowest BCUT2D eigenvalue weighted by Gasteiger charge is -2.43. The van der Waals surface area contributed by atoms with Crippen LogP contribution in [0.3, 0.4) is 0 Å². The number of aliphatic hydroxyl groups excluding tert-OH is 1. The third kappa shape index (κ3) is 8.21. The van der Waals surface area contributed by atoms with Crippen LogP contribution in [0.5, 0.6) is 11.5 Å². The number of rotatable bonds is 12. The highest BCUT2D eigenvalue weighted by Gasteiger charge is 2.50. The van der Waals surface area contributed by atoms with Gasteiger partial charge in [-0.05, 0) is 54.4 Å². The zero-order valence-corrected chi connectivity index (χ0v) is 24.2. The van der Waals surface area contributed by atoms with E-state index in [9.17, 15) is 9.90 Å². The summed E-state index contributed by atoms with van der Waals surface area (Å²) in [7, 11) is 1.58. The maximum atomic E-state index is 13.3. The highest BCUT2D eigenvalue weighted by atomic mass is 16.7. The predicted octanol–water partition coefficient (Wildman–Crippen LogP) is 5.50. The molecule has 0 aromatic heterocycles. The number of ether oxygens (including phenoxy) is 6. The van der Waals surface area contributed by atoms with E-state index < -0.39 is 36.7 Å². The summed E-state index contributed by atoms with van der Waals surface area (Å²) in [4.78, 5) is 13.3. The maximum Gasteiger partial charge on any atom is 0.338 e. The summed E-state index contributed by atoms with van der Waals surface area (Å²) in [5.41, 5.74) is 3.25. The summed E-state index contributed by atoms with van der Waals surface area (Å²) < 4.78 is 36.0. The number of hydrogen-bond acceptors (Lipinski definition) is 8. The first-order valence-corrected chi connectivity index (χ1v) is 14.2. The molecule has 4 aromatic carbocycles. The average molecular weight is 585 g/mol. The standard InChI is InChI=1S/C35H36O8/c1-24-13-15-27(16-14-24)34(37)43-33-32(40-22-26-11-7-4-8-12-26)31(36)30(23-39-21-25-9-5-3-6-10-25)42-35(33)41-29-19-17-28(38-2)18-20-29/h3-20,30-33,35-36H,21-23H2,1-2H3/t30-,31+,32+,33-,35-/m1/s1. The molecule has 5 rings (SSSR count). The van der Waals surface area contributed by atoms with Gasteiger partial charge >= 0.3 is 5.97 Å². The lowest BCUT2D eigenvalue weighted by molar-refractivity contribution is -0.289. The van der Waals surface area contributed by atoms with E-state index in [1.54, 1.807) is 43.5 Å². The molecule has 43 heavy (non-hydrogen) atoms. The van der Waals surface area contributed by atoms with Gasteiger partial charge in [0.2, 0.25) is 6.29 Å². The van der Waals surface area contributed by atoms with Crippen LogP contribution in [0.25, 0.3) is 0 Å². The molecule has 4 aromatic rings. The first-order chi connectivity index (χ1) is 21.0. The van der Waals surface area contributed by atoms with E-state index >= 15 is 0 Å². The van der Waals surface area contributed by atoms with Gasteiger partial charge in [0.25, 0.3) is 0 Å². The normalized spacial score (nSPS) is 21.6. The minimum absolute atomic E-state index is 0.0579. The highest BCUT2D eigenvalue weighted by molar-refractivity contribution is 5.89. The largest absolute Gasteiger partial charge is 0.497 e. The first kappa shape index (κ1) is 30.3. The lowest BCUT2D eigenvalue weighted by atomic mass is 9.98. The second kappa shape index (κ2) is 14.8. The molecule has 5 atom stereocenters. The fourth-order valence-electron chi connectivity index (χ4n) is 4.74. The number of hydrogen-bond donors (Lipinski definition) is 1. The molecule has 0 bridgehead atoms. The lowest BCUT2D eigenvalue weighted by Crippen LogP contribution is -2.62. The molecule has 1 aliphatic rings. The Hall–Kier alpha value is -4.21. The van der Waals surface area contributed by atoms with Crippen molar-refractivity contribution in [2.75, 3.05) is 13.7 Å². The van der Waals surface area contributed by atoms with Gasteiger partial charge in [-0.2, -0.15) is 0 Å². The molecule has 8 heteroatoms. The Morgan fingerprint density at radius 3 is 2.00 bits per heavy atom. The van der Waals surface area contributed by atoms with Crippen LogP contribution in [-0.4, -0.2) is 55.5 Å². The zero-order valence-electron chi connectivity index (χ0n) is 24.2. The number of methoxy groups -OCH3 is 1. The van der Waals surface area contributed by atoms with Gasteiger partial charge in [-0.1, -0.05) is 78.4 Å². The zero-order chi connectivity index (χ0) is 30.0. The Balaban J connectivity index is 1.41. The van der Waals surface area contributed by atoms with Crippen molar-refractivity contribution >= 4 is 5.97 Å². The van der Waals surface area contributed by atoms with Crippen molar-refractivity contribution in [2.45, 2.75) is 50.8 Å². The summed E-state index contributed by atoms with van der Waals surface area (Å²) in [5.74, 6) is 0.534. The van der Waals surface area contributed by atoms with Crippen LogP contribution in [0.1, 0.15) is 27.0 Å². The van der Waals surface area contributed by atoms with Gasteiger partial charge in [-0.25, -0.2) is 4.79 Å². The van der Waals surface area contributed by atoms with Crippen molar-refractivity contribution in [3.05, 3.63) is 131 Å². The highest BCUT2D eigenvalue weighted by Crippen LogP contribution is 2.31. The molecule has 0 spiro atoms. The second-order valence-corrected chi connectivity index (χ2v) is 10.3. The second-order valence-electron chi connectivity index (χ2n) is 10.3. The number of carbonyl (C=O) groups excluding carboxylic acids is 1. The molecular formula is C35H36O8. The average Bonchev–Trinajstić information content (AvgIpc) is 3.04. The van der Waals surface area contributed by atoms with Crippen molar-refractivity contribution in [3.8, 4) is 11.5 Å². The topological polar surface area (TPSA) is 92.7 Å². The van der Waals surface area contributed by atoms with Crippen LogP contribution in [0.2, 0.25) is 0 Å². The molecule has 224 valence electrons. The van der Waals surface area contributed by atoms with Crippen molar-refractivity contribution < 1.29 is 38.3 Å². The summed E-state index contributed by atoms with van der Waals surface area (Å²) in [6.07, 6.45) is -5.23. The van der Waals surface area contributed by atoms with E-state index in [4.69, 9.17) is 28.4 Å². The van der Waals surface area contributed by atoms with Gasteiger partial charge in [0, 0.05) is 0 Å². The quantitative estimate of drug-likeness (QED) is 0.219. The molecule has 1 fully saturated rings. The van der Waals surface area contributed by atoms with Gasteiger partial charge in [-0.15, -0.1) is 0 Å². The van der Waals surface area contributed by atoms with Gasteiger partial charge in [0.1, 0.15) is 29.8 Å². The molecule has 0 radical (unpaired) electrons. The van der Waals surface area contributed by atoms with Crippen LogP contribution >= 0.6 is 0 Å². The Morgan fingerprint density at radius 2 is 1.37 bits per heavy atom. The minimum atomic E-state index is -1.19. The fourth-order valence-corrected chi connectivity index (χ4v) is 4.74. The Bertz CT molecular complexity index is 1410. The summed E-state index contributed by atoms with van der Waals surface area (Å²) >= 11 is 0. The predicted molar refractivity (Wildman–Crippen MR) is 160 cm³/mol. The number of aryl methyl sites for hydroxylation is 1.